The fourth-order valence-corrected chi connectivity index (χ4v) is 6.09. The van der Waals surface area contributed by atoms with Crippen molar-refractivity contribution in [2.75, 3.05) is 17.8 Å². The Balaban J connectivity index is 1.49. The number of carbonyl (C=O) groups is 1. The molecule has 2 aromatic rings. The van der Waals surface area contributed by atoms with Crippen molar-refractivity contribution in [2.24, 2.45) is 0 Å². The Labute approximate surface area is 254 Å². The molecular weight excluding hydrogens is 524 g/mol. The van der Waals surface area contributed by atoms with Gasteiger partial charge in [-0.1, -0.05) is 135 Å². The van der Waals surface area contributed by atoms with Crippen LogP contribution in [0.2, 0.25) is 0 Å². The van der Waals surface area contributed by atoms with E-state index in [-0.39, 0.29) is 11.3 Å². The second-order valence-corrected chi connectivity index (χ2v) is 13.4. The molecule has 0 fully saturated rings. The maximum Gasteiger partial charge on any atom is 0.228 e. The summed E-state index contributed by atoms with van der Waals surface area (Å²) >= 11 is 1.79. The molecule has 226 valence electrons. The van der Waals surface area contributed by atoms with E-state index in [4.69, 9.17) is 4.74 Å². The zero-order valence-corrected chi connectivity index (χ0v) is 27.0. The van der Waals surface area contributed by atoms with Gasteiger partial charge in [-0.25, -0.2) is 0 Å². The van der Waals surface area contributed by atoms with Crippen LogP contribution in [0.5, 0.6) is 5.75 Å². The van der Waals surface area contributed by atoms with Gasteiger partial charge in [0.05, 0.1) is 18.9 Å². The first-order chi connectivity index (χ1) is 19.9. The van der Waals surface area contributed by atoms with Crippen molar-refractivity contribution < 1.29 is 9.53 Å². The van der Waals surface area contributed by atoms with Crippen LogP contribution in [0.25, 0.3) is 0 Å². The molecule has 41 heavy (non-hydrogen) atoms. The van der Waals surface area contributed by atoms with Crippen LogP contribution in [0.4, 0.5) is 5.69 Å². The lowest BCUT2D eigenvalue weighted by Gasteiger charge is -2.25. The molecule has 3 rings (SSSR count). The Hall–Kier alpha value is -2.40. The predicted molar refractivity (Wildman–Crippen MR) is 178 cm³/mol. The van der Waals surface area contributed by atoms with Crippen molar-refractivity contribution in [1.82, 2.24) is 4.90 Å². The first-order valence-electron chi connectivity index (χ1n) is 16.0. The van der Waals surface area contributed by atoms with Crippen LogP contribution in [-0.4, -0.2) is 23.3 Å². The molecule has 4 nitrogen and oxygen atoms in total. The fourth-order valence-electron chi connectivity index (χ4n) is 5.38. The van der Waals surface area contributed by atoms with Crippen molar-refractivity contribution in [3.05, 3.63) is 70.8 Å². The molecule has 1 aliphatic heterocycles. The highest BCUT2D eigenvalue weighted by Crippen LogP contribution is 2.35. The molecule has 5 heteroatoms. The van der Waals surface area contributed by atoms with E-state index in [1.54, 1.807) is 11.8 Å². The maximum atomic E-state index is 13.3. The predicted octanol–water partition coefficient (Wildman–Crippen LogP) is 10.2. The minimum atomic E-state index is -0.0633. The van der Waals surface area contributed by atoms with Crippen LogP contribution in [-0.2, 0) is 23.2 Å². The number of rotatable bonds is 19. The van der Waals surface area contributed by atoms with Gasteiger partial charge in [0, 0.05) is 24.0 Å². The molecule has 0 radical (unpaired) electrons. The molecule has 1 aliphatic rings. The van der Waals surface area contributed by atoms with Gasteiger partial charge in [0.2, 0.25) is 5.91 Å². The van der Waals surface area contributed by atoms with Gasteiger partial charge in [-0.3, -0.25) is 4.79 Å². The van der Waals surface area contributed by atoms with Crippen LogP contribution < -0.4 is 10.1 Å². The number of anilines is 1. The van der Waals surface area contributed by atoms with E-state index in [1.807, 2.05) is 24.3 Å². The number of amides is 1. The largest absolute Gasteiger partial charge is 0.493 e. The quantitative estimate of drug-likeness (QED) is 0.168. The monoisotopic (exact) mass is 578 g/mol. The third kappa shape index (κ3) is 12.2. The van der Waals surface area contributed by atoms with Gasteiger partial charge in [-0.2, -0.15) is 0 Å². The third-order valence-corrected chi connectivity index (χ3v) is 8.57. The Morgan fingerprint density at radius 1 is 0.854 bits per heavy atom. The van der Waals surface area contributed by atoms with Gasteiger partial charge in [0.1, 0.15) is 5.75 Å². The second kappa shape index (κ2) is 18.2. The van der Waals surface area contributed by atoms with Gasteiger partial charge in [0.15, 0.2) is 0 Å². The lowest BCUT2D eigenvalue weighted by Crippen LogP contribution is -2.20. The maximum absolute atomic E-state index is 13.3. The standard InChI is InChI=1S/C36H54N2O2S/c1-5-6-7-8-9-10-11-12-13-14-15-18-25-40-35-30(21-19-22-32(35)36(2,3)4)27-34(39)37-33-23-17-16-20-31(33)28-38-24-26-41-29-38/h16-17,19-24,26H,5-15,18,25,27-29H2,1-4H3,(H,37,39). The summed E-state index contributed by atoms with van der Waals surface area (Å²) in [6, 6.07) is 14.4. The molecule has 1 amide bonds. The summed E-state index contributed by atoms with van der Waals surface area (Å²) < 4.78 is 6.45. The van der Waals surface area contributed by atoms with Crippen LogP contribution >= 0.6 is 11.8 Å². The molecule has 0 spiro atoms. The zero-order valence-electron chi connectivity index (χ0n) is 26.2. The highest BCUT2D eigenvalue weighted by atomic mass is 32.2. The zero-order chi connectivity index (χ0) is 29.3. The molecule has 0 bridgehead atoms. The Morgan fingerprint density at radius 3 is 2.12 bits per heavy atom. The van der Waals surface area contributed by atoms with Gasteiger partial charge in [-0.15, -0.1) is 11.8 Å². The number of nitrogens with one attached hydrogen (secondary N) is 1. The van der Waals surface area contributed by atoms with Crippen molar-refractivity contribution in [3.8, 4) is 5.75 Å². The number of benzene rings is 2. The Bertz CT molecular complexity index is 1080. The average Bonchev–Trinajstić information content (AvgIpc) is 3.45. The molecule has 1 N–H and O–H groups in total. The van der Waals surface area contributed by atoms with Crippen molar-refractivity contribution in [1.29, 1.82) is 0 Å². The van der Waals surface area contributed by atoms with Gasteiger partial charge in [0.25, 0.3) is 0 Å². The number of unbranched alkanes of at least 4 members (excludes halogenated alkanes) is 11. The van der Waals surface area contributed by atoms with E-state index in [1.165, 1.54) is 76.2 Å². The molecule has 0 aromatic heterocycles. The van der Waals surface area contributed by atoms with E-state index in [0.29, 0.717) is 13.0 Å². The summed E-state index contributed by atoms with van der Waals surface area (Å²) in [6.07, 6.45) is 18.3. The molecule has 0 saturated carbocycles. The Kier molecular flexibility index (Phi) is 14.7. The fraction of sp³-hybridized carbons (Fsp3) is 0.583. The normalized spacial score (nSPS) is 13.1. The van der Waals surface area contributed by atoms with Gasteiger partial charge >= 0.3 is 0 Å². The van der Waals surface area contributed by atoms with Crippen molar-refractivity contribution in [2.45, 2.75) is 123 Å². The van der Waals surface area contributed by atoms with Crippen LogP contribution in [0.15, 0.2) is 54.1 Å². The summed E-state index contributed by atoms with van der Waals surface area (Å²) in [5, 5.41) is 5.30. The van der Waals surface area contributed by atoms with Gasteiger partial charge in [-0.05, 0) is 34.4 Å². The summed E-state index contributed by atoms with van der Waals surface area (Å²) in [5.41, 5.74) is 4.07. The molecule has 0 atom stereocenters. The highest BCUT2D eigenvalue weighted by molar-refractivity contribution is 8.02. The van der Waals surface area contributed by atoms with E-state index >= 15 is 0 Å². The summed E-state index contributed by atoms with van der Waals surface area (Å²) in [5.74, 6) is 1.83. The number of para-hydroxylation sites is 2. The first kappa shape index (κ1) is 33.1. The van der Waals surface area contributed by atoms with E-state index < -0.39 is 0 Å². The highest BCUT2D eigenvalue weighted by Gasteiger charge is 2.22. The summed E-state index contributed by atoms with van der Waals surface area (Å²) in [6.45, 7) is 10.4. The SMILES string of the molecule is CCCCCCCCCCCCCCOc1c(CC(=O)Nc2ccccc2CN2C=CSC2)cccc1C(C)(C)C. The van der Waals surface area contributed by atoms with E-state index in [0.717, 1.165) is 41.4 Å². The lowest BCUT2D eigenvalue weighted by molar-refractivity contribution is -0.115. The van der Waals surface area contributed by atoms with Crippen LogP contribution in [0, 0.1) is 0 Å². The molecule has 0 aliphatic carbocycles. The Morgan fingerprint density at radius 2 is 1.49 bits per heavy atom. The second-order valence-electron chi connectivity index (χ2n) is 12.5. The molecule has 1 heterocycles. The lowest BCUT2D eigenvalue weighted by atomic mass is 9.84. The molecule has 0 saturated heterocycles. The third-order valence-electron chi connectivity index (χ3n) is 7.77. The summed E-state index contributed by atoms with van der Waals surface area (Å²) in [7, 11) is 0. The van der Waals surface area contributed by atoms with E-state index in [9.17, 15) is 4.79 Å². The first-order valence-corrected chi connectivity index (χ1v) is 17.1. The molecule has 2 aromatic carbocycles. The van der Waals surface area contributed by atoms with Crippen molar-refractivity contribution in [3.63, 3.8) is 0 Å². The number of hydrogen-bond donors (Lipinski definition) is 1. The van der Waals surface area contributed by atoms with Crippen LogP contribution in [0.1, 0.15) is 121 Å². The smallest absolute Gasteiger partial charge is 0.228 e. The number of carbonyl (C=O) groups excluding carboxylic acids is 1. The topological polar surface area (TPSA) is 41.6 Å². The molecule has 0 unspecified atom stereocenters. The minimum absolute atomic E-state index is 0.00920. The number of ether oxygens (including phenoxy) is 1. The van der Waals surface area contributed by atoms with Crippen molar-refractivity contribution >= 4 is 23.4 Å². The number of thioether (sulfide) groups is 1. The number of nitrogens with zero attached hydrogens (tertiary/aromatic N) is 1. The number of hydrogen-bond acceptors (Lipinski definition) is 4. The minimum Gasteiger partial charge on any atom is -0.493 e. The average molecular weight is 579 g/mol. The van der Waals surface area contributed by atoms with E-state index in [2.05, 4.69) is 67.7 Å². The summed E-state index contributed by atoms with van der Waals surface area (Å²) in [4.78, 5) is 15.5. The van der Waals surface area contributed by atoms with Crippen LogP contribution in [0.3, 0.4) is 0 Å². The molecular formula is C36H54N2O2S. The van der Waals surface area contributed by atoms with Gasteiger partial charge < -0.3 is 15.0 Å².